The second kappa shape index (κ2) is 5.93. The van der Waals surface area contributed by atoms with Crippen LogP contribution in [0, 0.1) is 5.41 Å². The molecule has 0 unspecified atom stereocenters. The summed E-state index contributed by atoms with van der Waals surface area (Å²) in [5.41, 5.74) is -0.531. The van der Waals surface area contributed by atoms with Crippen LogP contribution in [0.15, 0.2) is 0 Å². The molecule has 0 aromatic heterocycles. The largest absolute Gasteiger partial charge is 0.481 e. The highest BCUT2D eigenvalue weighted by Gasteiger charge is 2.40. The molecule has 1 amide bonds. The van der Waals surface area contributed by atoms with Crippen LogP contribution in [0.3, 0.4) is 0 Å². The van der Waals surface area contributed by atoms with E-state index >= 15 is 0 Å². The molecule has 1 rings (SSSR count). The van der Waals surface area contributed by atoms with Gasteiger partial charge in [-0.1, -0.05) is 40.0 Å². The Kier molecular flexibility index (Phi) is 4.99. The van der Waals surface area contributed by atoms with E-state index in [0.29, 0.717) is 6.42 Å². The quantitative estimate of drug-likeness (QED) is 0.853. The lowest BCUT2D eigenvalue weighted by atomic mass is 9.77. The normalized spacial score (nSPS) is 18.9. The lowest BCUT2D eigenvalue weighted by molar-refractivity contribution is -0.146. The molecule has 4 nitrogen and oxygen atoms in total. The zero-order valence-corrected chi connectivity index (χ0v) is 12.7. The summed E-state index contributed by atoms with van der Waals surface area (Å²) in [6.07, 6.45) is 5.32. The molecule has 1 fully saturated rings. The van der Waals surface area contributed by atoms with Crippen molar-refractivity contribution in [1.29, 1.82) is 0 Å². The topological polar surface area (TPSA) is 57.6 Å². The maximum Gasteiger partial charge on any atom is 0.305 e. The number of rotatable bonds is 4. The summed E-state index contributed by atoms with van der Waals surface area (Å²) in [6.45, 7) is 6.09. The smallest absolute Gasteiger partial charge is 0.305 e. The highest BCUT2D eigenvalue weighted by Crippen LogP contribution is 2.37. The van der Waals surface area contributed by atoms with Gasteiger partial charge in [-0.2, -0.15) is 0 Å². The predicted octanol–water partition coefficient (Wildman–Crippen LogP) is 3.06. The summed E-state index contributed by atoms with van der Waals surface area (Å²) in [7, 11) is 1.78. The van der Waals surface area contributed by atoms with Crippen molar-refractivity contribution in [3.05, 3.63) is 0 Å². The molecule has 0 aliphatic heterocycles. The molecule has 0 heterocycles. The SMILES string of the molecule is CN(C(=O)CC(C)(C)C)C1(CC(=O)O)CCCCC1. The molecule has 0 bridgehead atoms. The molecule has 0 radical (unpaired) electrons. The summed E-state index contributed by atoms with van der Waals surface area (Å²) in [6, 6.07) is 0. The van der Waals surface area contributed by atoms with Gasteiger partial charge in [0.15, 0.2) is 0 Å². The van der Waals surface area contributed by atoms with E-state index in [2.05, 4.69) is 0 Å². The molecular formula is C15H27NO3. The predicted molar refractivity (Wildman–Crippen MR) is 74.9 cm³/mol. The zero-order valence-electron chi connectivity index (χ0n) is 12.7. The van der Waals surface area contributed by atoms with Crippen LogP contribution in [0.4, 0.5) is 0 Å². The summed E-state index contributed by atoms with van der Waals surface area (Å²) in [5, 5.41) is 9.16. The van der Waals surface area contributed by atoms with Gasteiger partial charge in [0, 0.05) is 13.5 Å². The Hall–Kier alpha value is -1.06. The van der Waals surface area contributed by atoms with Gasteiger partial charge in [0.25, 0.3) is 0 Å². The first-order chi connectivity index (χ1) is 8.66. The van der Waals surface area contributed by atoms with Crippen LogP contribution in [0.2, 0.25) is 0 Å². The molecule has 1 N–H and O–H groups in total. The van der Waals surface area contributed by atoms with Crippen LogP contribution in [-0.2, 0) is 9.59 Å². The van der Waals surface area contributed by atoms with Crippen molar-refractivity contribution >= 4 is 11.9 Å². The van der Waals surface area contributed by atoms with Gasteiger partial charge in [-0.05, 0) is 18.3 Å². The first kappa shape index (κ1) is 16.0. The van der Waals surface area contributed by atoms with Gasteiger partial charge in [0.1, 0.15) is 0 Å². The molecule has 0 aromatic carbocycles. The Morgan fingerprint density at radius 3 is 2.11 bits per heavy atom. The number of aliphatic carboxylic acids is 1. The number of carboxylic acid groups (broad SMARTS) is 1. The van der Waals surface area contributed by atoms with Crippen LogP contribution in [-0.4, -0.2) is 34.5 Å². The van der Waals surface area contributed by atoms with Crippen LogP contribution in [0.25, 0.3) is 0 Å². The van der Waals surface area contributed by atoms with E-state index in [4.69, 9.17) is 5.11 Å². The van der Waals surface area contributed by atoms with Crippen molar-refractivity contribution in [2.45, 2.75) is 71.3 Å². The Morgan fingerprint density at radius 2 is 1.68 bits per heavy atom. The Morgan fingerprint density at radius 1 is 1.16 bits per heavy atom. The van der Waals surface area contributed by atoms with E-state index < -0.39 is 11.5 Å². The van der Waals surface area contributed by atoms with Gasteiger partial charge in [0.2, 0.25) is 5.91 Å². The fourth-order valence-electron chi connectivity index (χ4n) is 2.96. The average Bonchev–Trinajstić information content (AvgIpc) is 2.26. The molecule has 0 aromatic rings. The fraction of sp³-hybridized carbons (Fsp3) is 0.867. The van der Waals surface area contributed by atoms with Crippen LogP contribution in [0.1, 0.15) is 65.7 Å². The van der Waals surface area contributed by atoms with Gasteiger partial charge in [-0.3, -0.25) is 9.59 Å². The van der Waals surface area contributed by atoms with E-state index in [1.54, 1.807) is 11.9 Å². The Labute approximate surface area is 116 Å². The fourth-order valence-corrected chi connectivity index (χ4v) is 2.96. The highest BCUT2D eigenvalue weighted by molar-refractivity contribution is 5.78. The van der Waals surface area contributed by atoms with Crippen LogP contribution >= 0.6 is 0 Å². The lowest BCUT2D eigenvalue weighted by Gasteiger charge is -2.44. The maximum absolute atomic E-state index is 12.4. The van der Waals surface area contributed by atoms with Crippen molar-refractivity contribution < 1.29 is 14.7 Å². The third-order valence-corrected chi connectivity index (χ3v) is 4.03. The minimum absolute atomic E-state index is 0.0651. The number of nitrogens with zero attached hydrogens (tertiary/aromatic N) is 1. The van der Waals surface area contributed by atoms with Gasteiger partial charge < -0.3 is 10.0 Å². The van der Waals surface area contributed by atoms with Gasteiger partial charge in [-0.25, -0.2) is 0 Å². The van der Waals surface area contributed by atoms with Gasteiger partial charge in [-0.15, -0.1) is 0 Å². The first-order valence-corrected chi connectivity index (χ1v) is 7.15. The van der Waals surface area contributed by atoms with E-state index in [1.165, 1.54) is 0 Å². The van der Waals surface area contributed by atoms with Crippen molar-refractivity contribution in [2.24, 2.45) is 5.41 Å². The molecule has 1 aliphatic rings. The number of hydrogen-bond donors (Lipinski definition) is 1. The number of carbonyl (C=O) groups excluding carboxylic acids is 1. The van der Waals surface area contributed by atoms with Crippen molar-refractivity contribution in [3.63, 3.8) is 0 Å². The first-order valence-electron chi connectivity index (χ1n) is 7.15. The third kappa shape index (κ3) is 4.51. The minimum Gasteiger partial charge on any atom is -0.481 e. The number of carbonyl (C=O) groups is 2. The van der Waals surface area contributed by atoms with Crippen molar-refractivity contribution in [1.82, 2.24) is 4.90 Å². The standard InChI is InChI=1S/C15H27NO3/c1-14(2,3)10-12(17)16(4)15(11-13(18)19)8-6-5-7-9-15/h5-11H2,1-4H3,(H,18,19). The van der Waals surface area contributed by atoms with Gasteiger partial charge >= 0.3 is 5.97 Å². The molecule has 1 aliphatic carbocycles. The van der Waals surface area contributed by atoms with Crippen LogP contribution in [0.5, 0.6) is 0 Å². The molecule has 0 atom stereocenters. The van der Waals surface area contributed by atoms with E-state index in [1.807, 2.05) is 20.8 Å². The second-order valence-corrected chi connectivity index (χ2v) is 7.05. The molecule has 4 heteroatoms. The minimum atomic E-state index is -0.808. The molecular weight excluding hydrogens is 242 g/mol. The molecule has 0 saturated heterocycles. The lowest BCUT2D eigenvalue weighted by Crippen LogP contribution is -2.52. The summed E-state index contributed by atoms with van der Waals surface area (Å²) >= 11 is 0. The maximum atomic E-state index is 12.4. The third-order valence-electron chi connectivity index (χ3n) is 4.03. The summed E-state index contributed by atoms with van der Waals surface area (Å²) in [4.78, 5) is 25.3. The average molecular weight is 269 g/mol. The van der Waals surface area contributed by atoms with Crippen molar-refractivity contribution in [2.75, 3.05) is 7.05 Å². The summed E-state index contributed by atoms with van der Waals surface area (Å²) in [5.74, 6) is -0.743. The highest BCUT2D eigenvalue weighted by atomic mass is 16.4. The van der Waals surface area contributed by atoms with E-state index in [9.17, 15) is 9.59 Å². The Balaban J connectivity index is 2.84. The number of carboxylic acids is 1. The molecule has 19 heavy (non-hydrogen) atoms. The van der Waals surface area contributed by atoms with Gasteiger partial charge in [0.05, 0.1) is 12.0 Å². The summed E-state index contributed by atoms with van der Waals surface area (Å²) < 4.78 is 0. The number of amides is 1. The monoisotopic (exact) mass is 269 g/mol. The molecule has 110 valence electrons. The second-order valence-electron chi connectivity index (χ2n) is 7.05. The zero-order chi connectivity index (χ0) is 14.7. The van der Waals surface area contributed by atoms with Crippen molar-refractivity contribution in [3.8, 4) is 0 Å². The van der Waals surface area contributed by atoms with E-state index in [0.717, 1.165) is 32.1 Å². The molecule has 1 saturated carbocycles. The van der Waals surface area contributed by atoms with Crippen LogP contribution < -0.4 is 0 Å². The molecule has 0 spiro atoms. The van der Waals surface area contributed by atoms with E-state index in [-0.39, 0.29) is 17.7 Å². The Bertz CT molecular complexity index is 338. The number of hydrogen-bond acceptors (Lipinski definition) is 2.